The van der Waals surface area contributed by atoms with E-state index in [1.807, 2.05) is 54.6 Å². The number of ketones is 2. The fourth-order valence-corrected chi connectivity index (χ4v) is 3.49. The first-order valence-electron chi connectivity index (χ1n) is 9.51. The van der Waals surface area contributed by atoms with Crippen LogP contribution in [0.1, 0.15) is 31.8 Å². The molecule has 0 bridgehead atoms. The Morgan fingerprint density at radius 3 is 1.50 bits per heavy atom. The molecule has 0 N–H and O–H groups in total. The van der Waals surface area contributed by atoms with E-state index >= 15 is 0 Å². The van der Waals surface area contributed by atoms with E-state index in [1.165, 1.54) is 0 Å². The van der Waals surface area contributed by atoms with Crippen LogP contribution >= 0.6 is 0 Å². The van der Waals surface area contributed by atoms with Gasteiger partial charge in [0.25, 0.3) is 0 Å². The average molecular weight is 396 g/mol. The maximum Gasteiger partial charge on any atom is 0.197 e. The third-order valence-electron chi connectivity index (χ3n) is 5.12. The highest BCUT2D eigenvalue weighted by Crippen LogP contribution is 2.30. The second kappa shape index (κ2) is 8.21. The minimum Gasteiger partial charge on any atom is -0.497 e. The zero-order chi connectivity index (χ0) is 21.1. The third kappa shape index (κ3) is 3.55. The molecule has 0 atom stereocenters. The van der Waals surface area contributed by atoms with Crippen LogP contribution in [0.2, 0.25) is 0 Å². The van der Waals surface area contributed by atoms with Crippen molar-refractivity contribution in [3.05, 3.63) is 113 Å². The Morgan fingerprint density at radius 1 is 0.667 bits per heavy atom. The van der Waals surface area contributed by atoms with Crippen LogP contribution in [0.25, 0.3) is 5.57 Å². The van der Waals surface area contributed by atoms with Crippen LogP contribution < -0.4 is 9.47 Å². The highest BCUT2D eigenvalue weighted by atomic mass is 16.5. The molecule has 0 amide bonds. The first kappa shape index (κ1) is 19.4. The summed E-state index contributed by atoms with van der Waals surface area (Å²) in [6.45, 7) is 0. The quantitative estimate of drug-likeness (QED) is 0.443. The van der Waals surface area contributed by atoms with Gasteiger partial charge >= 0.3 is 0 Å². The molecule has 0 unspecified atom stereocenters. The monoisotopic (exact) mass is 396 g/mol. The van der Waals surface area contributed by atoms with Crippen molar-refractivity contribution in [3.8, 4) is 11.5 Å². The van der Waals surface area contributed by atoms with Crippen LogP contribution in [0.5, 0.6) is 11.5 Å². The Morgan fingerprint density at radius 2 is 1.10 bits per heavy atom. The molecule has 4 rings (SSSR count). The van der Waals surface area contributed by atoms with E-state index in [0.29, 0.717) is 11.1 Å². The normalized spacial score (nSPS) is 12.4. The number of benzene rings is 3. The maximum absolute atomic E-state index is 12.7. The van der Waals surface area contributed by atoms with Gasteiger partial charge in [0.15, 0.2) is 11.6 Å². The number of allylic oxidation sites excluding steroid dienone is 3. The topological polar surface area (TPSA) is 52.6 Å². The van der Waals surface area contributed by atoms with E-state index in [9.17, 15) is 9.59 Å². The van der Waals surface area contributed by atoms with Gasteiger partial charge in [-0.25, -0.2) is 0 Å². The number of hydrogen-bond donors (Lipinski definition) is 0. The van der Waals surface area contributed by atoms with Crippen molar-refractivity contribution in [3.63, 3.8) is 0 Å². The second-order valence-corrected chi connectivity index (χ2v) is 6.82. The Kier molecular flexibility index (Phi) is 5.31. The molecule has 1 aliphatic rings. The van der Waals surface area contributed by atoms with Gasteiger partial charge in [-0.2, -0.15) is 0 Å². The molecule has 1 aliphatic carbocycles. The van der Waals surface area contributed by atoms with Crippen molar-refractivity contribution in [1.82, 2.24) is 0 Å². The fourth-order valence-electron chi connectivity index (χ4n) is 3.49. The highest BCUT2D eigenvalue weighted by Gasteiger charge is 2.32. The Labute approximate surface area is 175 Å². The molecule has 3 aromatic rings. The van der Waals surface area contributed by atoms with E-state index in [1.54, 1.807) is 44.6 Å². The molecule has 3 aromatic carbocycles. The van der Waals surface area contributed by atoms with E-state index in [2.05, 4.69) is 0 Å². The molecule has 0 saturated carbocycles. The van der Waals surface area contributed by atoms with Crippen LogP contribution in [0, 0.1) is 0 Å². The first-order valence-corrected chi connectivity index (χ1v) is 9.51. The Hall–Kier alpha value is -3.92. The fraction of sp³-hybridized carbons (Fsp3) is 0.0769. The molecule has 0 heterocycles. The van der Waals surface area contributed by atoms with Gasteiger partial charge in [0.2, 0.25) is 0 Å². The number of carbonyl (C=O) groups excluding carboxylic acids is 2. The molecule has 0 fully saturated rings. The van der Waals surface area contributed by atoms with Crippen molar-refractivity contribution >= 4 is 17.1 Å². The van der Waals surface area contributed by atoms with E-state index in [4.69, 9.17) is 9.47 Å². The summed E-state index contributed by atoms with van der Waals surface area (Å²) in [4.78, 5) is 25.4. The van der Waals surface area contributed by atoms with E-state index in [0.717, 1.165) is 28.2 Å². The van der Waals surface area contributed by atoms with Gasteiger partial charge in [-0.1, -0.05) is 54.6 Å². The molecular formula is C26H20O4. The predicted octanol–water partition coefficient (Wildman–Crippen LogP) is 5.14. The lowest BCUT2D eigenvalue weighted by atomic mass is 9.96. The molecule has 0 radical (unpaired) electrons. The van der Waals surface area contributed by atoms with Gasteiger partial charge in [-0.15, -0.1) is 0 Å². The van der Waals surface area contributed by atoms with Gasteiger partial charge in [-0.05, 0) is 47.0 Å². The van der Waals surface area contributed by atoms with Crippen molar-refractivity contribution in [2.75, 3.05) is 14.2 Å². The van der Waals surface area contributed by atoms with Crippen LogP contribution in [-0.4, -0.2) is 25.8 Å². The van der Waals surface area contributed by atoms with Gasteiger partial charge in [0.05, 0.1) is 19.8 Å². The zero-order valence-electron chi connectivity index (χ0n) is 16.7. The van der Waals surface area contributed by atoms with Gasteiger partial charge in [0, 0.05) is 11.1 Å². The van der Waals surface area contributed by atoms with E-state index in [-0.39, 0.29) is 17.1 Å². The predicted molar refractivity (Wildman–Crippen MR) is 116 cm³/mol. The lowest BCUT2D eigenvalue weighted by Crippen LogP contribution is -2.00. The van der Waals surface area contributed by atoms with Gasteiger partial charge < -0.3 is 9.47 Å². The summed E-state index contributed by atoms with van der Waals surface area (Å²) < 4.78 is 10.5. The lowest BCUT2D eigenvalue weighted by Gasteiger charge is -2.10. The van der Waals surface area contributed by atoms with Crippen LogP contribution in [0.4, 0.5) is 0 Å². The van der Waals surface area contributed by atoms with Crippen molar-refractivity contribution in [2.45, 2.75) is 0 Å². The molecule has 0 aromatic heterocycles. The van der Waals surface area contributed by atoms with Gasteiger partial charge in [0.1, 0.15) is 11.5 Å². The standard InChI is InChI=1S/C26H20O4/c1-29-19-11-7-17(8-12-19)21(18-9-13-20(30-2)14-10-18)15-16-24-25(27)22-5-3-4-6-23(22)26(24)28/h3-16H,1-2H3. The average Bonchev–Trinajstić information content (AvgIpc) is 3.05. The van der Waals surface area contributed by atoms with E-state index < -0.39 is 0 Å². The minimum atomic E-state index is -0.240. The van der Waals surface area contributed by atoms with Crippen molar-refractivity contribution < 1.29 is 19.1 Å². The van der Waals surface area contributed by atoms with Crippen LogP contribution in [-0.2, 0) is 0 Å². The number of ether oxygens (including phenoxy) is 2. The lowest BCUT2D eigenvalue weighted by molar-refractivity contribution is 0.0989. The molecule has 4 heteroatoms. The Balaban J connectivity index is 1.79. The van der Waals surface area contributed by atoms with Crippen LogP contribution in [0.3, 0.4) is 0 Å². The molecule has 148 valence electrons. The SMILES string of the molecule is COc1ccc(C(=CC=C2C(=O)c3ccccc3C2=O)c2ccc(OC)cc2)cc1. The van der Waals surface area contributed by atoms with Crippen molar-refractivity contribution in [1.29, 1.82) is 0 Å². The number of fused-ring (bicyclic) bond motifs is 1. The number of methoxy groups -OCH3 is 2. The molecular weight excluding hydrogens is 376 g/mol. The number of rotatable bonds is 5. The summed E-state index contributed by atoms with van der Waals surface area (Å²) in [6, 6.07) is 22.2. The third-order valence-corrected chi connectivity index (χ3v) is 5.12. The summed E-state index contributed by atoms with van der Waals surface area (Å²) >= 11 is 0. The molecule has 0 saturated heterocycles. The van der Waals surface area contributed by atoms with Crippen LogP contribution in [0.15, 0.2) is 90.5 Å². The largest absolute Gasteiger partial charge is 0.497 e. The molecule has 0 spiro atoms. The number of carbonyl (C=O) groups is 2. The first-order chi connectivity index (χ1) is 14.6. The number of Topliss-reactive ketones (excluding diaryl/α,β-unsaturated/α-hetero) is 2. The summed E-state index contributed by atoms with van der Waals surface area (Å²) in [5.74, 6) is 1.02. The maximum atomic E-state index is 12.7. The summed E-state index contributed by atoms with van der Waals surface area (Å²) in [6.07, 6.45) is 3.44. The number of hydrogen-bond acceptors (Lipinski definition) is 4. The van der Waals surface area contributed by atoms with Gasteiger partial charge in [-0.3, -0.25) is 9.59 Å². The molecule has 4 nitrogen and oxygen atoms in total. The second-order valence-electron chi connectivity index (χ2n) is 6.82. The minimum absolute atomic E-state index is 0.177. The van der Waals surface area contributed by atoms with Crippen molar-refractivity contribution in [2.24, 2.45) is 0 Å². The molecule has 0 aliphatic heterocycles. The smallest absolute Gasteiger partial charge is 0.197 e. The summed E-state index contributed by atoms with van der Waals surface area (Å²) in [5.41, 5.74) is 3.84. The zero-order valence-corrected chi connectivity index (χ0v) is 16.7. The highest BCUT2D eigenvalue weighted by molar-refractivity contribution is 6.39. The summed E-state index contributed by atoms with van der Waals surface area (Å²) in [7, 11) is 3.24. The summed E-state index contributed by atoms with van der Waals surface area (Å²) in [5, 5.41) is 0. The Bertz CT molecular complexity index is 1080. The molecule has 30 heavy (non-hydrogen) atoms.